The van der Waals surface area contributed by atoms with E-state index in [1.54, 1.807) is 24.4 Å². The van der Waals surface area contributed by atoms with Crippen LogP contribution in [0.2, 0.25) is 5.02 Å². The van der Waals surface area contributed by atoms with Gasteiger partial charge in [-0.3, -0.25) is 10.1 Å². The van der Waals surface area contributed by atoms with Crippen LogP contribution in [0.25, 0.3) is 22.8 Å². The third kappa shape index (κ3) is 3.72. The minimum atomic E-state index is -0.488. The minimum absolute atomic E-state index is 0.0651. The number of benzene rings is 1. The monoisotopic (exact) mass is 399 g/mol. The summed E-state index contributed by atoms with van der Waals surface area (Å²) in [5.41, 5.74) is 1.22. The SMILES string of the molecule is O=[N+]([O-])c1ccc(-c2ccc(-c3csc([NH2+]c4ccccn4)n3)o2)c(Cl)c1. The van der Waals surface area contributed by atoms with Crippen molar-refractivity contribution in [2.45, 2.75) is 0 Å². The van der Waals surface area contributed by atoms with Crippen LogP contribution in [0.5, 0.6) is 0 Å². The normalized spacial score (nSPS) is 10.9. The van der Waals surface area contributed by atoms with Crippen molar-refractivity contribution in [1.82, 2.24) is 9.97 Å². The van der Waals surface area contributed by atoms with Gasteiger partial charge in [0.2, 0.25) is 5.82 Å². The Labute approximate surface area is 162 Å². The van der Waals surface area contributed by atoms with Crippen molar-refractivity contribution in [2.24, 2.45) is 0 Å². The van der Waals surface area contributed by atoms with Crippen LogP contribution in [0.15, 0.2) is 64.5 Å². The van der Waals surface area contributed by atoms with E-state index in [9.17, 15) is 10.1 Å². The Morgan fingerprint density at radius 1 is 1.15 bits per heavy atom. The maximum Gasteiger partial charge on any atom is 0.289 e. The molecule has 0 bridgehead atoms. The number of rotatable bonds is 5. The number of non-ortho nitro benzene ring substituents is 1. The van der Waals surface area contributed by atoms with Crippen molar-refractivity contribution in [3.05, 3.63) is 75.2 Å². The molecule has 27 heavy (non-hydrogen) atoms. The second-order valence-corrected chi connectivity index (χ2v) is 6.85. The van der Waals surface area contributed by atoms with E-state index in [1.807, 2.05) is 28.9 Å². The fraction of sp³-hybridized carbons (Fsp3) is 0. The van der Waals surface area contributed by atoms with Gasteiger partial charge < -0.3 is 4.42 Å². The van der Waals surface area contributed by atoms with Crippen molar-refractivity contribution in [1.29, 1.82) is 0 Å². The van der Waals surface area contributed by atoms with Gasteiger partial charge in [-0.25, -0.2) is 10.3 Å². The lowest BCUT2D eigenvalue weighted by molar-refractivity contribution is -0.482. The summed E-state index contributed by atoms with van der Waals surface area (Å²) in [4.78, 5) is 19.1. The molecule has 0 atom stereocenters. The van der Waals surface area contributed by atoms with E-state index in [0.29, 0.717) is 22.8 Å². The molecule has 0 fully saturated rings. The number of pyridine rings is 1. The molecule has 0 aliphatic carbocycles. The first-order valence-electron chi connectivity index (χ1n) is 7.86. The number of hydrogen-bond donors (Lipinski definition) is 1. The zero-order chi connectivity index (χ0) is 18.8. The standard InChI is InChI=1S/C18H11ClN4O3S/c19-13-9-11(23(24)25)4-5-12(13)15-6-7-16(26-15)14-10-27-18(21-14)22-17-3-1-2-8-20-17/h1-10H,(H,20,21,22)/p+1. The average molecular weight is 400 g/mol. The third-order valence-electron chi connectivity index (χ3n) is 3.77. The number of halogens is 1. The molecule has 0 spiro atoms. The number of nitrogens with zero attached hydrogens (tertiary/aromatic N) is 3. The number of nitro benzene ring substituents is 1. The smallest absolute Gasteiger partial charge is 0.289 e. The Hall–Kier alpha value is -3.07. The van der Waals surface area contributed by atoms with Crippen molar-refractivity contribution < 1.29 is 14.7 Å². The minimum Gasteiger partial charge on any atom is -0.454 e. The summed E-state index contributed by atoms with van der Waals surface area (Å²) >= 11 is 7.65. The van der Waals surface area contributed by atoms with E-state index in [-0.39, 0.29) is 10.7 Å². The molecule has 0 unspecified atom stereocenters. The van der Waals surface area contributed by atoms with Gasteiger partial charge in [-0.15, -0.1) is 0 Å². The van der Waals surface area contributed by atoms with Crippen molar-refractivity contribution in [2.75, 3.05) is 0 Å². The average Bonchev–Trinajstić information content (AvgIpc) is 3.32. The molecule has 3 aromatic heterocycles. The lowest BCUT2D eigenvalue weighted by atomic mass is 10.1. The van der Waals surface area contributed by atoms with E-state index in [2.05, 4.69) is 9.97 Å². The van der Waals surface area contributed by atoms with Gasteiger partial charge in [-0.1, -0.05) is 29.0 Å². The Bertz CT molecular complexity index is 1110. The highest BCUT2D eigenvalue weighted by atomic mass is 35.5. The van der Waals surface area contributed by atoms with Crippen LogP contribution in [-0.4, -0.2) is 14.9 Å². The highest BCUT2D eigenvalue weighted by molar-refractivity contribution is 7.13. The molecule has 7 nitrogen and oxygen atoms in total. The van der Waals surface area contributed by atoms with Crippen LogP contribution < -0.4 is 5.32 Å². The summed E-state index contributed by atoms with van der Waals surface area (Å²) in [5.74, 6) is 1.95. The van der Waals surface area contributed by atoms with Gasteiger partial charge in [0, 0.05) is 35.3 Å². The quantitative estimate of drug-likeness (QED) is 0.392. The zero-order valence-electron chi connectivity index (χ0n) is 13.7. The summed E-state index contributed by atoms with van der Waals surface area (Å²) in [6, 6.07) is 13.5. The zero-order valence-corrected chi connectivity index (χ0v) is 15.3. The van der Waals surface area contributed by atoms with E-state index in [0.717, 1.165) is 10.9 Å². The molecule has 0 aliphatic heterocycles. The number of hydrogen-bond acceptors (Lipinski definition) is 6. The number of furan rings is 1. The Morgan fingerprint density at radius 3 is 2.74 bits per heavy atom. The summed E-state index contributed by atoms with van der Waals surface area (Å²) < 4.78 is 5.86. The largest absolute Gasteiger partial charge is 0.454 e. The second-order valence-electron chi connectivity index (χ2n) is 5.56. The number of aromatic nitrogens is 2. The maximum absolute atomic E-state index is 10.8. The summed E-state index contributed by atoms with van der Waals surface area (Å²) in [6.07, 6.45) is 1.73. The van der Waals surface area contributed by atoms with Gasteiger partial charge >= 0.3 is 0 Å². The topological polar surface area (TPSA) is 98.7 Å². The molecule has 0 aliphatic rings. The number of nitro groups is 1. The molecule has 134 valence electrons. The molecule has 9 heteroatoms. The molecule has 0 saturated carbocycles. The molecular weight excluding hydrogens is 388 g/mol. The first-order valence-corrected chi connectivity index (χ1v) is 9.12. The molecule has 2 N–H and O–H groups in total. The Kier molecular flexibility index (Phi) is 4.68. The highest BCUT2D eigenvalue weighted by Gasteiger charge is 2.16. The van der Waals surface area contributed by atoms with Crippen LogP contribution in [0.4, 0.5) is 16.6 Å². The predicted octanol–water partition coefficient (Wildman–Crippen LogP) is 4.55. The first-order chi connectivity index (χ1) is 13.1. The third-order valence-corrected chi connectivity index (χ3v) is 4.87. The molecule has 0 amide bonds. The number of quaternary nitrogens is 1. The Morgan fingerprint density at radius 2 is 2.00 bits per heavy atom. The van der Waals surface area contributed by atoms with Gasteiger partial charge in [-0.05, 0) is 24.3 Å². The summed E-state index contributed by atoms with van der Waals surface area (Å²) in [5, 5.41) is 15.7. The van der Waals surface area contributed by atoms with Crippen molar-refractivity contribution in [3.8, 4) is 22.8 Å². The predicted molar refractivity (Wildman–Crippen MR) is 102 cm³/mol. The lowest BCUT2D eigenvalue weighted by Gasteiger charge is -2.00. The van der Waals surface area contributed by atoms with Gasteiger partial charge in [0.15, 0.2) is 5.76 Å². The number of nitrogens with two attached hydrogens (primary N) is 1. The first kappa shape index (κ1) is 17.3. The van der Waals surface area contributed by atoms with Crippen molar-refractivity contribution >= 4 is 39.6 Å². The molecule has 4 rings (SSSR count). The van der Waals surface area contributed by atoms with Crippen LogP contribution >= 0.6 is 22.9 Å². The van der Waals surface area contributed by atoms with Crippen LogP contribution in [0.1, 0.15) is 0 Å². The van der Waals surface area contributed by atoms with Gasteiger partial charge in [-0.2, -0.15) is 4.98 Å². The van der Waals surface area contributed by atoms with E-state index < -0.39 is 4.92 Å². The van der Waals surface area contributed by atoms with E-state index >= 15 is 0 Å². The molecule has 1 aromatic carbocycles. The molecule has 0 saturated heterocycles. The van der Waals surface area contributed by atoms with E-state index in [4.69, 9.17) is 16.0 Å². The molecule has 3 heterocycles. The number of thiazole rings is 1. The van der Waals surface area contributed by atoms with Crippen LogP contribution in [0, 0.1) is 10.1 Å². The fourth-order valence-electron chi connectivity index (χ4n) is 2.49. The van der Waals surface area contributed by atoms with Crippen molar-refractivity contribution in [3.63, 3.8) is 0 Å². The van der Waals surface area contributed by atoms with Crippen LogP contribution in [0.3, 0.4) is 0 Å². The molecule has 4 aromatic rings. The fourth-order valence-corrected chi connectivity index (χ4v) is 3.50. The van der Waals surface area contributed by atoms with E-state index in [1.165, 1.54) is 23.5 Å². The highest BCUT2D eigenvalue weighted by Crippen LogP contribution is 2.35. The van der Waals surface area contributed by atoms with Gasteiger partial charge in [0.1, 0.15) is 11.5 Å². The Balaban J connectivity index is 1.57. The maximum atomic E-state index is 10.8. The van der Waals surface area contributed by atoms with Gasteiger partial charge in [0.25, 0.3) is 10.8 Å². The lowest BCUT2D eigenvalue weighted by Crippen LogP contribution is -2.71. The summed E-state index contributed by atoms with van der Waals surface area (Å²) in [7, 11) is 0. The molecule has 0 radical (unpaired) electrons. The second kappa shape index (κ2) is 7.28. The summed E-state index contributed by atoms with van der Waals surface area (Å²) in [6.45, 7) is 0. The van der Waals surface area contributed by atoms with Crippen LogP contribution in [-0.2, 0) is 0 Å². The van der Waals surface area contributed by atoms with Gasteiger partial charge in [0.05, 0.1) is 9.95 Å². The molecular formula is C18H12ClN4O3S+.